The summed E-state index contributed by atoms with van der Waals surface area (Å²) >= 11 is 0. The predicted octanol–water partition coefficient (Wildman–Crippen LogP) is 7.20. The summed E-state index contributed by atoms with van der Waals surface area (Å²) < 4.78 is 31.4. The van der Waals surface area contributed by atoms with Gasteiger partial charge in [-0.05, 0) is 0 Å². The summed E-state index contributed by atoms with van der Waals surface area (Å²) in [5.74, 6) is 0. The average molecular weight is 397 g/mol. The molecule has 0 N–H and O–H groups in total. The second kappa shape index (κ2) is 16.2. The van der Waals surface area contributed by atoms with E-state index in [-0.39, 0.29) is 0 Å². The van der Waals surface area contributed by atoms with Gasteiger partial charge in [0, 0.05) is 0 Å². The zero-order valence-electron chi connectivity index (χ0n) is 18.1. The van der Waals surface area contributed by atoms with Crippen LogP contribution in [0.25, 0.3) is 0 Å². The molecule has 0 heterocycles. The van der Waals surface area contributed by atoms with Crippen LogP contribution in [0.5, 0.6) is 0 Å². The van der Waals surface area contributed by atoms with Crippen molar-refractivity contribution in [2.45, 2.75) is 98.8 Å². The summed E-state index contributed by atoms with van der Waals surface area (Å²) in [5, 5.41) is 0. The summed E-state index contributed by atoms with van der Waals surface area (Å²) in [7, 11) is -4.03. The molecule has 5 nitrogen and oxygen atoms in total. The molecule has 0 unspecified atom stereocenters. The summed E-state index contributed by atoms with van der Waals surface area (Å²) in [5.41, 5.74) is 0. The summed E-state index contributed by atoms with van der Waals surface area (Å²) in [6, 6.07) is 0. The van der Waals surface area contributed by atoms with E-state index in [9.17, 15) is 0 Å². The maximum atomic E-state index is 6.29. The topological polar surface area (TPSA) is 46.2 Å². The molecule has 0 aromatic heterocycles. The van der Waals surface area contributed by atoms with Crippen molar-refractivity contribution >= 4 is 7.74 Å². The van der Waals surface area contributed by atoms with Crippen LogP contribution in [-0.2, 0) is 22.6 Å². The van der Waals surface area contributed by atoms with Crippen molar-refractivity contribution in [2.24, 2.45) is 0 Å². The molecule has 0 spiro atoms. The Balaban J connectivity index is 5.49. The van der Waals surface area contributed by atoms with E-state index in [1.54, 1.807) is 0 Å². The van der Waals surface area contributed by atoms with Crippen LogP contribution >= 0.6 is 7.74 Å². The molecule has 0 amide bonds. The van der Waals surface area contributed by atoms with Crippen LogP contribution in [0.1, 0.15) is 98.8 Å². The molecular weight excluding hydrogens is 351 g/mol. The van der Waals surface area contributed by atoms with E-state index >= 15 is 0 Å². The van der Waals surface area contributed by atoms with Gasteiger partial charge in [0.1, 0.15) is 0 Å². The Labute approximate surface area is 162 Å². The van der Waals surface area contributed by atoms with Gasteiger partial charge in [-0.2, -0.15) is 0 Å². The number of hydrogen-bond donors (Lipinski definition) is 0. The number of rotatable bonds is 20. The Bertz CT molecular complexity index is 239. The summed E-state index contributed by atoms with van der Waals surface area (Å²) in [6.45, 7) is 13.4. The minimum absolute atomic E-state index is 0.533. The van der Waals surface area contributed by atoms with E-state index in [1.807, 2.05) is 0 Å². The van der Waals surface area contributed by atoms with E-state index in [0.29, 0.717) is 33.0 Å². The molecule has 0 bridgehead atoms. The van der Waals surface area contributed by atoms with Gasteiger partial charge in [0.25, 0.3) is 0 Å². The van der Waals surface area contributed by atoms with Crippen molar-refractivity contribution in [3.05, 3.63) is 0 Å². The third-order valence-electron chi connectivity index (χ3n) is 4.00. The van der Waals surface area contributed by atoms with Gasteiger partial charge in [0.05, 0.1) is 0 Å². The van der Waals surface area contributed by atoms with Crippen LogP contribution < -0.4 is 0 Å². The van der Waals surface area contributed by atoms with Crippen molar-refractivity contribution in [1.29, 1.82) is 0 Å². The monoisotopic (exact) mass is 396 g/mol. The van der Waals surface area contributed by atoms with Crippen molar-refractivity contribution in [3.8, 4) is 0 Å². The minimum atomic E-state index is -4.03. The summed E-state index contributed by atoms with van der Waals surface area (Å²) in [4.78, 5) is 0. The second-order valence-electron chi connectivity index (χ2n) is 6.68. The first-order valence-corrected chi connectivity index (χ1v) is 12.7. The fourth-order valence-electron chi connectivity index (χ4n) is 2.16. The van der Waals surface area contributed by atoms with Gasteiger partial charge in [-0.25, -0.2) is 0 Å². The van der Waals surface area contributed by atoms with Gasteiger partial charge in [-0.3, -0.25) is 0 Å². The van der Waals surface area contributed by atoms with E-state index in [4.69, 9.17) is 22.6 Å². The molecule has 0 aromatic rings. The molecule has 0 aliphatic rings. The van der Waals surface area contributed by atoms with E-state index < -0.39 is 7.74 Å². The van der Waals surface area contributed by atoms with Crippen LogP contribution in [0.15, 0.2) is 0 Å². The maximum absolute atomic E-state index is 6.29. The average Bonchev–Trinajstić information content (AvgIpc) is 2.63. The van der Waals surface area contributed by atoms with E-state index in [2.05, 4.69) is 34.6 Å². The Morgan fingerprint density at radius 3 is 0.731 bits per heavy atom. The van der Waals surface area contributed by atoms with Gasteiger partial charge in [0.2, 0.25) is 0 Å². The third-order valence-corrected chi connectivity index (χ3v) is 7.02. The molecule has 0 aliphatic carbocycles. The van der Waals surface area contributed by atoms with Gasteiger partial charge in [-0.1, -0.05) is 0 Å². The molecule has 0 radical (unpaired) electrons. The van der Waals surface area contributed by atoms with E-state index in [1.165, 1.54) is 0 Å². The molecule has 26 heavy (non-hydrogen) atoms. The van der Waals surface area contributed by atoms with Crippen LogP contribution in [0.4, 0.5) is 0 Å². The molecule has 0 atom stereocenters. The molecule has 0 aromatic carbocycles. The van der Waals surface area contributed by atoms with Crippen molar-refractivity contribution in [1.82, 2.24) is 0 Å². The standard InChI is InChI=1S/C20H45O5P/c1-6-11-16-21-26(22-17-12-7-2,23-18-13-8-3,24-19-14-9-4)25-20-15-10-5/h6-20H2,1-5H3. The van der Waals surface area contributed by atoms with Crippen LogP contribution in [0, 0.1) is 0 Å². The molecular formula is C20H45O5P. The fourth-order valence-corrected chi connectivity index (χ4v) is 5.04. The first kappa shape index (κ1) is 26.2. The SMILES string of the molecule is CCCCOP(OCCCC)(OCCCC)(OCCCC)OCCCC. The Morgan fingerprint density at radius 1 is 0.385 bits per heavy atom. The molecule has 0 saturated carbocycles. The molecule has 160 valence electrons. The number of hydrogen-bond acceptors (Lipinski definition) is 5. The van der Waals surface area contributed by atoms with Crippen molar-refractivity contribution in [2.75, 3.05) is 33.0 Å². The van der Waals surface area contributed by atoms with Crippen LogP contribution in [0.3, 0.4) is 0 Å². The quantitative estimate of drug-likeness (QED) is 0.161. The third kappa shape index (κ3) is 10.5. The van der Waals surface area contributed by atoms with Gasteiger partial charge >= 0.3 is 162 Å². The molecule has 0 fully saturated rings. The Hall–Kier alpha value is 0.230. The predicted molar refractivity (Wildman–Crippen MR) is 111 cm³/mol. The zero-order valence-corrected chi connectivity index (χ0v) is 19.0. The first-order valence-electron chi connectivity index (χ1n) is 10.9. The molecule has 0 saturated heterocycles. The van der Waals surface area contributed by atoms with Crippen molar-refractivity contribution < 1.29 is 22.6 Å². The van der Waals surface area contributed by atoms with E-state index in [0.717, 1.165) is 64.2 Å². The van der Waals surface area contributed by atoms with Crippen molar-refractivity contribution in [3.63, 3.8) is 0 Å². The van der Waals surface area contributed by atoms with Gasteiger partial charge in [0.15, 0.2) is 0 Å². The first-order chi connectivity index (χ1) is 12.6. The Morgan fingerprint density at radius 2 is 0.577 bits per heavy atom. The molecule has 6 heteroatoms. The molecule has 0 rings (SSSR count). The number of unbranched alkanes of at least 4 members (excludes halogenated alkanes) is 5. The second-order valence-corrected chi connectivity index (χ2v) is 9.46. The van der Waals surface area contributed by atoms with Crippen LogP contribution in [-0.4, -0.2) is 33.0 Å². The van der Waals surface area contributed by atoms with Crippen LogP contribution in [0.2, 0.25) is 0 Å². The summed E-state index contributed by atoms with van der Waals surface area (Å²) in [6.07, 6.45) is 9.87. The molecule has 0 aliphatic heterocycles. The Kier molecular flexibility index (Phi) is 16.4. The van der Waals surface area contributed by atoms with Gasteiger partial charge < -0.3 is 0 Å². The zero-order chi connectivity index (χ0) is 19.6. The normalized spacial score (nSPS) is 13.7. The fraction of sp³-hybridized carbons (Fsp3) is 1.00. The van der Waals surface area contributed by atoms with Gasteiger partial charge in [-0.15, -0.1) is 0 Å².